The molecular formula is C43H76S3. The van der Waals surface area contributed by atoms with E-state index in [1.165, 1.54) is 146 Å². The van der Waals surface area contributed by atoms with Crippen molar-refractivity contribution in [3.63, 3.8) is 0 Å². The fourth-order valence-corrected chi connectivity index (χ4v) is 15.9. The molecule has 266 valence electrons. The third-order valence-electron chi connectivity index (χ3n) is 10.5. The van der Waals surface area contributed by atoms with E-state index >= 15 is 0 Å². The molecule has 1 aliphatic rings. The number of rotatable bonds is 24. The van der Waals surface area contributed by atoms with Gasteiger partial charge in [0.2, 0.25) is 0 Å². The van der Waals surface area contributed by atoms with Crippen LogP contribution in [0.4, 0.5) is 0 Å². The van der Waals surface area contributed by atoms with Gasteiger partial charge in [0, 0.05) is 19.5 Å². The van der Waals surface area contributed by atoms with Gasteiger partial charge in [-0.15, -0.1) is 22.7 Å². The summed E-state index contributed by atoms with van der Waals surface area (Å²) in [4.78, 5) is 10.2. The number of hydrogen-bond acceptors (Lipinski definition) is 2. The quantitative estimate of drug-likeness (QED) is 0.0963. The van der Waals surface area contributed by atoms with Crippen LogP contribution in [0.5, 0.6) is 0 Å². The predicted molar refractivity (Wildman–Crippen MR) is 216 cm³/mol. The van der Waals surface area contributed by atoms with Crippen molar-refractivity contribution in [1.82, 2.24) is 0 Å². The van der Waals surface area contributed by atoms with Crippen LogP contribution < -0.4 is 0 Å². The van der Waals surface area contributed by atoms with Crippen molar-refractivity contribution in [2.24, 2.45) is 5.92 Å². The molecule has 3 heterocycles. The summed E-state index contributed by atoms with van der Waals surface area (Å²) in [6.07, 6.45) is 30.0. The minimum absolute atomic E-state index is 0.224. The summed E-state index contributed by atoms with van der Waals surface area (Å²) >= 11 is 4.32. The van der Waals surface area contributed by atoms with Gasteiger partial charge in [-0.3, -0.25) is 0 Å². The number of hydrogen-bond donors (Lipinski definition) is 0. The average molecular weight is 689 g/mol. The van der Waals surface area contributed by atoms with Crippen molar-refractivity contribution >= 4 is 32.7 Å². The van der Waals surface area contributed by atoms with E-state index in [-0.39, 0.29) is 10.8 Å². The zero-order valence-electron chi connectivity index (χ0n) is 32.2. The molecule has 0 spiro atoms. The van der Waals surface area contributed by atoms with Gasteiger partial charge < -0.3 is 0 Å². The molecule has 1 atom stereocenters. The maximum atomic E-state index is 2.75. The van der Waals surface area contributed by atoms with Crippen molar-refractivity contribution in [3.05, 3.63) is 21.9 Å². The molecule has 1 aliphatic heterocycles. The number of fused-ring (bicyclic) bond motifs is 3. The number of unbranched alkanes of at least 4 members (excludes halogenated alkanes) is 16. The van der Waals surface area contributed by atoms with E-state index in [0.29, 0.717) is 0 Å². The van der Waals surface area contributed by atoms with Gasteiger partial charge in [-0.25, -0.2) is 0 Å². The Labute approximate surface area is 298 Å². The third-order valence-corrected chi connectivity index (χ3v) is 18.4. The summed E-state index contributed by atoms with van der Waals surface area (Å²) in [5, 5.41) is 0. The topological polar surface area (TPSA) is 0 Å². The summed E-state index contributed by atoms with van der Waals surface area (Å²) in [7, 11) is -1.02. The first-order valence-electron chi connectivity index (χ1n) is 20.1. The highest BCUT2D eigenvalue weighted by molar-refractivity contribution is 8.34. The monoisotopic (exact) mass is 689 g/mol. The second-order valence-electron chi connectivity index (χ2n) is 17.0. The molecule has 2 aromatic heterocycles. The lowest BCUT2D eigenvalue weighted by molar-refractivity contribution is 0.449. The Morgan fingerprint density at radius 1 is 0.500 bits per heavy atom. The first-order valence-corrected chi connectivity index (χ1v) is 23.7. The van der Waals surface area contributed by atoms with E-state index in [4.69, 9.17) is 0 Å². The average Bonchev–Trinajstić information content (AvgIpc) is 3.70. The molecule has 0 saturated heterocycles. The Morgan fingerprint density at radius 2 is 0.870 bits per heavy atom. The van der Waals surface area contributed by atoms with Crippen molar-refractivity contribution in [1.29, 1.82) is 0 Å². The van der Waals surface area contributed by atoms with Crippen LogP contribution in [-0.4, -0.2) is 11.5 Å². The molecule has 0 bridgehead atoms. The van der Waals surface area contributed by atoms with Crippen LogP contribution in [0.2, 0.25) is 0 Å². The van der Waals surface area contributed by atoms with Crippen LogP contribution in [0.25, 0.3) is 9.75 Å². The summed E-state index contributed by atoms with van der Waals surface area (Å²) < 4.78 is 0. The number of thiophene rings is 2. The minimum Gasteiger partial charge on any atom is -0.185 e. The molecule has 0 nitrogen and oxygen atoms in total. The molecule has 3 heteroatoms. The molecule has 2 aromatic rings. The lowest BCUT2D eigenvalue weighted by Crippen LogP contribution is -2.18. The predicted octanol–water partition coefficient (Wildman–Crippen LogP) is 16.5. The van der Waals surface area contributed by atoms with Gasteiger partial charge in [0.25, 0.3) is 0 Å². The summed E-state index contributed by atoms with van der Waals surface area (Å²) in [6.45, 7) is 21.7. The van der Waals surface area contributed by atoms with E-state index in [0.717, 1.165) is 5.92 Å². The maximum Gasteiger partial charge on any atom is 0.0580 e. The normalized spacial score (nSPS) is 15.7. The van der Waals surface area contributed by atoms with E-state index in [1.54, 1.807) is 19.5 Å². The molecule has 0 fully saturated rings. The molecular weight excluding hydrogens is 613 g/mol. The Morgan fingerprint density at radius 3 is 1.28 bits per heavy atom. The van der Waals surface area contributed by atoms with Crippen LogP contribution in [0.15, 0.2) is 21.9 Å². The van der Waals surface area contributed by atoms with Crippen LogP contribution in [-0.2, 0) is 10.8 Å². The van der Waals surface area contributed by atoms with Crippen molar-refractivity contribution < 1.29 is 0 Å². The lowest BCUT2D eigenvalue weighted by Gasteiger charge is -2.41. The van der Waals surface area contributed by atoms with Gasteiger partial charge in [0.05, 0.1) is 9.75 Å². The van der Waals surface area contributed by atoms with Crippen molar-refractivity contribution in [2.75, 3.05) is 11.5 Å². The Bertz CT molecular complexity index is 1050. The lowest BCUT2D eigenvalue weighted by atomic mass is 9.95. The zero-order valence-corrected chi connectivity index (χ0v) is 34.7. The summed E-state index contributed by atoms with van der Waals surface area (Å²) in [5.74, 6) is 3.77. The largest absolute Gasteiger partial charge is 0.185 e. The molecule has 46 heavy (non-hydrogen) atoms. The van der Waals surface area contributed by atoms with E-state index in [9.17, 15) is 0 Å². The van der Waals surface area contributed by atoms with Gasteiger partial charge in [-0.2, -0.15) is 10.0 Å². The Balaban J connectivity index is 1.79. The molecule has 0 amide bonds. The smallest absolute Gasteiger partial charge is 0.0580 e. The summed E-state index contributed by atoms with van der Waals surface area (Å²) in [6, 6.07) is 5.49. The molecule has 0 aromatic carbocycles. The summed E-state index contributed by atoms with van der Waals surface area (Å²) in [5.41, 5.74) is 0.448. The second kappa shape index (κ2) is 19.8. The van der Waals surface area contributed by atoms with Gasteiger partial charge in [-0.1, -0.05) is 178 Å². The second-order valence-corrected chi connectivity index (χ2v) is 22.5. The zero-order chi connectivity index (χ0) is 33.6. The highest BCUT2D eigenvalue weighted by atomic mass is 32.3. The fourth-order valence-electron chi connectivity index (χ4n) is 7.42. The van der Waals surface area contributed by atoms with Gasteiger partial charge in [0.1, 0.15) is 0 Å². The van der Waals surface area contributed by atoms with E-state index < -0.39 is 10.0 Å². The van der Waals surface area contributed by atoms with Crippen LogP contribution >= 0.6 is 32.7 Å². The molecule has 0 radical (unpaired) electrons. The molecule has 1 unspecified atom stereocenters. The molecule has 0 aliphatic carbocycles. The maximum absolute atomic E-state index is 2.75. The Kier molecular flexibility index (Phi) is 17.3. The SMILES string of the molecule is CCCCCCCCCCCCCCCS1(CC(CCCC)CCCCCC)c2cc(C(C)(C)C)sc2-c2sc(C(C)(C)C)cc21. The first kappa shape index (κ1) is 40.2. The van der Waals surface area contributed by atoms with E-state index in [1.807, 2.05) is 9.79 Å². The first-order chi connectivity index (χ1) is 22.0. The van der Waals surface area contributed by atoms with Gasteiger partial charge >= 0.3 is 0 Å². The standard InChI is InChI=1S/C43H76S3/c1-10-13-16-18-19-20-21-22-23-24-25-26-28-31-46(34-35(29-15-12-3)30-27-17-14-11-2)36-32-38(42(4,5)6)44-40(36)41-37(46)33-39(45-41)43(7,8)9/h32-33,35H,10-31,34H2,1-9H3. The molecule has 0 N–H and O–H groups in total. The highest BCUT2D eigenvalue weighted by Crippen LogP contribution is 2.76. The van der Waals surface area contributed by atoms with Crippen molar-refractivity contribution in [2.45, 2.75) is 218 Å². The van der Waals surface area contributed by atoms with Crippen LogP contribution in [0, 0.1) is 5.92 Å². The highest BCUT2D eigenvalue weighted by Gasteiger charge is 2.44. The van der Waals surface area contributed by atoms with Gasteiger partial charge in [-0.05, 0) is 59.6 Å². The minimum atomic E-state index is -1.02. The third kappa shape index (κ3) is 11.7. The molecule has 3 rings (SSSR count). The fraction of sp³-hybridized carbons (Fsp3) is 0.814. The van der Waals surface area contributed by atoms with Crippen LogP contribution in [0.1, 0.15) is 207 Å². The Hall–Kier alpha value is -0.250. The van der Waals surface area contributed by atoms with Crippen molar-refractivity contribution in [3.8, 4) is 9.75 Å². The van der Waals surface area contributed by atoms with E-state index in [2.05, 4.69) is 97.1 Å². The van der Waals surface area contributed by atoms with Crippen LogP contribution in [0.3, 0.4) is 0 Å². The van der Waals surface area contributed by atoms with Gasteiger partial charge in [0.15, 0.2) is 0 Å². The molecule has 0 saturated carbocycles.